The van der Waals surface area contributed by atoms with Gasteiger partial charge in [0.1, 0.15) is 11.5 Å². The van der Waals surface area contributed by atoms with Crippen molar-refractivity contribution in [2.75, 3.05) is 0 Å². The molecular formula is C23H28N2O2. The highest BCUT2D eigenvalue weighted by atomic mass is 16.3. The molecule has 1 aliphatic rings. The van der Waals surface area contributed by atoms with Crippen LogP contribution in [0.4, 0.5) is 0 Å². The standard InChI is InChI=1S/C23H28N2O2/c1-2-8-19(9-3-1)17-25(18-21-11-7-15-27-21)23-13-5-4-12-22(23)24-16-20-10-6-14-26-20/h1-3,6-11,14-15,22-24H,4-5,12-13,16-18H2/t22-,23-/m1/s1. The van der Waals surface area contributed by atoms with Gasteiger partial charge in [-0.15, -0.1) is 0 Å². The van der Waals surface area contributed by atoms with Crippen LogP contribution in [-0.2, 0) is 19.6 Å². The van der Waals surface area contributed by atoms with E-state index in [1.165, 1.54) is 31.2 Å². The van der Waals surface area contributed by atoms with Gasteiger partial charge in [0, 0.05) is 18.6 Å². The number of hydrogen-bond donors (Lipinski definition) is 1. The van der Waals surface area contributed by atoms with Crippen LogP contribution in [0, 0.1) is 0 Å². The van der Waals surface area contributed by atoms with Crippen molar-refractivity contribution < 1.29 is 8.83 Å². The quantitative estimate of drug-likeness (QED) is 0.612. The molecule has 1 aliphatic carbocycles. The van der Waals surface area contributed by atoms with Gasteiger partial charge in [0.25, 0.3) is 0 Å². The number of benzene rings is 1. The van der Waals surface area contributed by atoms with Gasteiger partial charge in [-0.05, 0) is 42.7 Å². The van der Waals surface area contributed by atoms with E-state index in [0.29, 0.717) is 12.1 Å². The molecule has 0 aliphatic heterocycles. The van der Waals surface area contributed by atoms with E-state index in [1.54, 1.807) is 12.5 Å². The molecule has 3 aromatic rings. The maximum absolute atomic E-state index is 5.67. The number of nitrogens with one attached hydrogen (secondary N) is 1. The van der Waals surface area contributed by atoms with Crippen LogP contribution in [0.2, 0.25) is 0 Å². The molecule has 4 rings (SSSR count). The van der Waals surface area contributed by atoms with E-state index < -0.39 is 0 Å². The van der Waals surface area contributed by atoms with Crippen LogP contribution < -0.4 is 5.32 Å². The molecule has 0 amide bonds. The van der Waals surface area contributed by atoms with Crippen LogP contribution in [0.15, 0.2) is 76.0 Å². The van der Waals surface area contributed by atoms with Gasteiger partial charge >= 0.3 is 0 Å². The van der Waals surface area contributed by atoms with Gasteiger partial charge in [-0.2, -0.15) is 0 Å². The van der Waals surface area contributed by atoms with Crippen LogP contribution in [-0.4, -0.2) is 17.0 Å². The summed E-state index contributed by atoms with van der Waals surface area (Å²) in [6, 6.07) is 19.7. The average molecular weight is 364 g/mol. The van der Waals surface area contributed by atoms with Crippen LogP contribution >= 0.6 is 0 Å². The Morgan fingerprint density at radius 2 is 1.56 bits per heavy atom. The molecule has 0 spiro atoms. The zero-order valence-corrected chi connectivity index (χ0v) is 15.7. The average Bonchev–Trinajstić information content (AvgIpc) is 3.41. The lowest BCUT2D eigenvalue weighted by Crippen LogP contribution is -2.51. The second-order valence-electron chi connectivity index (χ2n) is 7.39. The zero-order chi connectivity index (χ0) is 18.3. The number of rotatable bonds is 8. The SMILES string of the molecule is c1ccc(CN(Cc2ccco2)[C@@H]2CCCC[C@H]2NCc2ccco2)cc1. The fraction of sp³-hybridized carbons (Fsp3) is 0.391. The Morgan fingerprint density at radius 3 is 2.30 bits per heavy atom. The molecule has 1 fully saturated rings. The molecular weight excluding hydrogens is 336 g/mol. The zero-order valence-electron chi connectivity index (χ0n) is 15.7. The van der Waals surface area contributed by atoms with E-state index >= 15 is 0 Å². The summed E-state index contributed by atoms with van der Waals surface area (Å²) in [5.74, 6) is 2.03. The first-order valence-corrected chi connectivity index (χ1v) is 9.94. The van der Waals surface area contributed by atoms with Gasteiger partial charge in [0.05, 0.1) is 25.6 Å². The van der Waals surface area contributed by atoms with E-state index in [0.717, 1.165) is 31.2 Å². The molecule has 2 heterocycles. The predicted molar refractivity (Wildman–Crippen MR) is 106 cm³/mol. The van der Waals surface area contributed by atoms with Crippen molar-refractivity contribution in [2.24, 2.45) is 0 Å². The van der Waals surface area contributed by atoms with E-state index in [4.69, 9.17) is 8.83 Å². The Morgan fingerprint density at radius 1 is 0.815 bits per heavy atom. The van der Waals surface area contributed by atoms with Crippen molar-refractivity contribution in [3.05, 3.63) is 84.2 Å². The van der Waals surface area contributed by atoms with Gasteiger partial charge in [0.2, 0.25) is 0 Å². The molecule has 1 saturated carbocycles. The van der Waals surface area contributed by atoms with E-state index in [1.807, 2.05) is 18.2 Å². The number of nitrogens with zero attached hydrogens (tertiary/aromatic N) is 1. The second-order valence-corrected chi connectivity index (χ2v) is 7.39. The van der Waals surface area contributed by atoms with Crippen molar-refractivity contribution in [1.82, 2.24) is 10.2 Å². The molecule has 2 atom stereocenters. The first kappa shape index (κ1) is 18.1. The summed E-state index contributed by atoms with van der Waals surface area (Å²) in [6.45, 7) is 2.56. The van der Waals surface area contributed by atoms with Gasteiger partial charge in [-0.1, -0.05) is 43.2 Å². The summed E-state index contributed by atoms with van der Waals surface area (Å²) in [4.78, 5) is 2.58. The van der Waals surface area contributed by atoms with Crippen molar-refractivity contribution in [2.45, 2.75) is 57.4 Å². The highest BCUT2D eigenvalue weighted by Crippen LogP contribution is 2.27. The van der Waals surface area contributed by atoms with Crippen molar-refractivity contribution in [1.29, 1.82) is 0 Å². The highest BCUT2D eigenvalue weighted by molar-refractivity contribution is 5.15. The Hall–Kier alpha value is -2.30. The fourth-order valence-electron chi connectivity index (χ4n) is 4.14. The normalized spacial score (nSPS) is 20.2. The fourth-order valence-corrected chi connectivity index (χ4v) is 4.14. The molecule has 27 heavy (non-hydrogen) atoms. The molecule has 0 unspecified atom stereocenters. The topological polar surface area (TPSA) is 41.6 Å². The second kappa shape index (κ2) is 9.07. The molecule has 4 nitrogen and oxygen atoms in total. The third kappa shape index (κ3) is 4.90. The van der Waals surface area contributed by atoms with Crippen LogP contribution in [0.3, 0.4) is 0 Å². The van der Waals surface area contributed by atoms with Crippen molar-refractivity contribution >= 4 is 0 Å². The molecule has 2 aromatic heterocycles. The van der Waals surface area contributed by atoms with Gasteiger partial charge in [-0.3, -0.25) is 4.90 Å². The minimum Gasteiger partial charge on any atom is -0.468 e. The molecule has 4 heteroatoms. The molecule has 1 aromatic carbocycles. The summed E-state index contributed by atoms with van der Waals surface area (Å²) < 4.78 is 11.2. The van der Waals surface area contributed by atoms with Crippen molar-refractivity contribution in [3.63, 3.8) is 0 Å². The lowest BCUT2D eigenvalue weighted by atomic mass is 9.88. The number of furan rings is 2. The van der Waals surface area contributed by atoms with Crippen LogP contribution in [0.5, 0.6) is 0 Å². The van der Waals surface area contributed by atoms with Crippen LogP contribution in [0.25, 0.3) is 0 Å². The monoisotopic (exact) mass is 364 g/mol. The molecule has 0 saturated heterocycles. The predicted octanol–water partition coefficient (Wildman–Crippen LogP) is 4.98. The maximum atomic E-state index is 5.67. The smallest absolute Gasteiger partial charge is 0.117 e. The summed E-state index contributed by atoms with van der Waals surface area (Å²) in [5.41, 5.74) is 1.35. The molecule has 1 N–H and O–H groups in total. The lowest BCUT2D eigenvalue weighted by molar-refractivity contribution is 0.0978. The molecule has 0 bridgehead atoms. The lowest BCUT2D eigenvalue weighted by Gasteiger charge is -2.40. The third-order valence-corrected chi connectivity index (χ3v) is 5.48. The summed E-state index contributed by atoms with van der Waals surface area (Å²) in [7, 11) is 0. The van der Waals surface area contributed by atoms with E-state index in [-0.39, 0.29) is 0 Å². The Kier molecular flexibility index (Phi) is 6.07. The first-order chi connectivity index (χ1) is 13.4. The maximum Gasteiger partial charge on any atom is 0.117 e. The molecule has 142 valence electrons. The minimum atomic E-state index is 0.461. The number of hydrogen-bond acceptors (Lipinski definition) is 4. The minimum absolute atomic E-state index is 0.461. The summed E-state index contributed by atoms with van der Waals surface area (Å²) >= 11 is 0. The first-order valence-electron chi connectivity index (χ1n) is 9.94. The van der Waals surface area contributed by atoms with Gasteiger partial charge in [-0.25, -0.2) is 0 Å². The van der Waals surface area contributed by atoms with Crippen molar-refractivity contribution in [3.8, 4) is 0 Å². The largest absolute Gasteiger partial charge is 0.468 e. The van der Waals surface area contributed by atoms with Gasteiger partial charge < -0.3 is 14.2 Å². The van der Waals surface area contributed by atoms with E-state index in [2.05, 4.69) is 46.6 Å². The van der Waals surface area contributed by atoms with Crippen LogP contribution in [0.1, 0.15) is 42.8 Å². The molecule has 0 radical (unpaired) electrons. The van der Waals surface area contributed by atoms with E-state index in [9.17, 15) is 0 Å². The van der Waals surface area contributed by atoms with Gasteiger partial charge in [0.15, 0.2) is 0 Å². The Balaban J connectivity index is 1.50. The third-order valence-electron chi connectivity index (χ3n) is 5.48. The Bertz CT molecular complexity index is 768. The Labute approximate surface area is 161 Å². The summed E-state index contributed by atoms with van der Waals surface area (Å²) in [6.07, 6.45) is 8.50. The summed E-state index contributed by atoms with van der Waals surface area (Å²) in [5, 5.41) is 3.75. The highest BCUT2D eigenvalue weighted by Gasteiger charge is 2.30.